The molecule has 8 nitrogen and oxygen atoms in total. The van der Waals surface area contributed by atoms with E-state index in [9.17, 15) is 9.59 Å². The third kappa shape index (κ3) is 5.35. The zero-order chi connectivity index (χ0) is 24.2. The SMILES string of the molecule is CCC(C)N1C(=O)C(=Cc2c(NCCCN3CCOCC3)nc3ccc(C)cn3c2=O)SC1=S. The van der Waals surface area contributed by atoms with Gasteiger partial charge < -0.3 is 10.1 Å². The number of thiocarbonyl (C=S) groups is 1. The number of rotatable bonds is 8. The van der Waals surface area contributed by atoms with Crippen LogP contribution in [-0.4, -0.2) is 74.8 Å². The maximum atomic E-state index is 13.5. The molecule has 0 aliphatic carbocycles. The molecule has 4 rings (SSSR count). The number of fused-ring (bicyclic) bond motifs is 1. The number of amides is 1. The minimum atomic E-state index is -0.210. The number of anilines is 1. The average molecular weight is 502 g/mol. The van der Waals surface area contributed by atoms with E-state index in [2.05, 4.69) is 10.2 Å². The first-order valence-electron chi connectivity index (χ1n) is 11.7. The van der Waals surface area contributed by atoms with Gasteiger partial charge in [0.1, 0.15) is 15.8 Å². The highest BCUT2D eigenvalue weighted by Gasteiger charge is 2.35. The van der Waals surface area contributed by atoms with Crippen LogP contribution in [0.15, 0.2) is 28.0 Å². The normalized spacial score (nSPS) is 19.4. The van der Waals surface area contributed by atoms with Crippen LogP contribution >= 0.6 is 24.0 Å². The number of hydrogen-bond acceptors (Lipinski definition) is 8. The Labute approximate surface area is 209 Å². The Bertz CT molecular complexity index is 1170. The summed E-state index contributed by atoms with van der Waals surface area (Å²) in [7, 11) is 0. The second kappa shape index (κ2) is 11.0. The molecule has 1 amide bonds. The van der Waals surface area contributed by atoms with E-state index in [1.807, 2.05) is 32.9 Å². The second-order valence-electron chi connectivity index (χ2n) is 8.66. The van der Waals surface area contributed by atoms with Crippen molar-refractivity contribution in [2.24, 2.45) is 0 Å². The standard InChI is InChI=1S/C24H31N5O3S2/c1-4-17(3)29-23(31)19(34-24(29)33)14-18-21(25-8-5-9-27-10-12-32-13-11-27)26-20-7-6-16(2)15-28(20)22(18)30/h6-7,14-15,17,25H,4-5,8-13H2,1-3H3. The Morgan fingerprint density at radius 2 is 2.06 bits per heavy atom. The molecule has 10 heteroatoms. The Balaban J connectivity index is 1.63. The van der Waals surface area contributed by atoms with E-state index < -0.39 is 0 Å². The smallest absolute Gasteiger partial charge is 0.267 e. The minimum Gasteiger partial charge on any atom is -0.379 e. The van der Waals surface area contributed by atoms with Crippen LogP contribution in [0.2, 0.25) is 0 Å². The molecule has 1 unspecified atom stereocenters. The molecule has 0 saturated carbocycles. The number of morpholine rings is 1. The summed E-state index contributed by atoms with van der Waals surface area (Å²) in [6, 6.07) is 3.78. The van der Waals surface area contributed by atoms with Crippen molar-refractivity contribution in [3.05, 3.63) is 44.7 Å². The Morgan fingerprint density at radius 3 is 2.79 bits per heavy atom. The first-order valence-corrected chi connectivity index (χ1v) is 13.0. The van der Waals surface area contributed by atoms with E-state index in [-0.39, 0.29) is 17.5 Å². The van der Waals surface area contributed by atoms with Crippen molar-refractivity contribution in [3.8, 4) is 0 Å². The lowest BCUT2D eigenvalue weighted by molar-refractivity contribution is -0.123. The van der Waals surface area contributed by atoms with Crippen molar-refractivity contribution in [1.82, 2.24) is 19.2 Å². The number of aryl methyl sites for hydroxylation is 1. The second-order valence-corrected chi connectivity index (χ2v) is 10.3. The van der Waals surface area contributed by atoms with Gasteiger partial charge in [0.25, 0.3) is 11.5 Å². The fraction of sp³-hybridized carbons (Fsp3) is 0.500. The van der Waals surface area contributed by atoms with E-state index >= 15 is 0 Å². The van der Waals surface area contributed by atoms with Crippen molar-refractivity contribution in [1.29, 1.82) is 0 Å². The number of carbonyl (C=O) groups excluding carboxylic acids is 1. The third-order valence-corrected chi connectivity index (χ3v) is 7.51. The van der Waals surface area contributed by atoms with E-state index in [1.165, 1.54) is 16.2 Å². The number of ether oxygens (including phenoxy) is 1. The Kier molecular flexibility index (Phi) is 8.02. The van der Waals surface area contributed by atoms with Gasteiger partial charge in [0.15, 0.2) is 0 Å². The molecular weight excluding hydrogens is 470 g/mol. The quantitative estimate of drug-likeness (QED) is 0.336. The van der Waals surface area contributed by atoms with Gasteiger partial charge in [0.05, 0.1) is 23.7 Å². The predicted molar refractivity (Wildman–Crippen MR) is 141 cm³/mol. The van der Waals surface area contributed by atoms with Crippen molar-refractivity contribution < 1.29 is 9.53 Å². The highest BCUT2D eigenvalue weighted by atomic mass is 32.2. The fourth-order valence-electron chi connectivity index (χ4n) is 4.03. The monoisotopic (exact) mass is 501 g/mol. The topological polar surface area (TPSA) is 79.2 Å². The summed E-state index contributed by atoms with van der Waals surface area (Å²) in [6.07, 6.45) is 5.13. The van der Waals surface area contributed by atoms with E-state index in [0.29, 0.717) is 32.8 Å². The highest BCUT2D eigenvalue weighted by molar-refractivity contribution is 8.26. The lowest BCUT2D eigenvalue weighted by Gasteiger charge is -2.26. The number of pyridine rings is 1. The number of hydrogen-bond donors (Lipinski definition) is 1. The van der Waals surface area contributed by atoms with Crippen molar-refractivity contribution in [2.75, 3.05) is 44.7 Å². The molecule has 2 aliphatic rings. The molecule has 34 heavy (non-hydrogen) atoms. The molecule has 1 N–H and O–H groups in total. The first-order chi connectivity index (χ1) is 16.4. The summed E-state index contributed by atoms with van der Waals surface area (Å²) in [4.78, 5) is 35.7. The third-order valence-electron chi connectivity index (χ3n) is 6.18. The minimum absolute atomic E-state index is 0.00894. The van der Waals surface area contributed by atoms with Gasteiger partial charge in [-0.3, -0.25) is 23.8 Å². The summed E-state index contributed by atoms with van der Waals surface area (Å²) in [6.45, 7) is 11.0. The van der Waals surface area contributed by atoms with Crippen LogP contribution in [0.1, 0.15) is 37.8 Å². The highest BCUT2D eigenvalue weighted by Crippen LogP contribution is 2.34. The van der Waals surface area contributed by atoms with Crippen molar-refractivity contribution in [3.63, 3.8) is 0 Å². The van der Waals surface area contributed by atoms with Crippen LogP contribution in [-0.2, 0) is 9.53 Å². The Morgan fingerprint density at radius 1 is 1.29 bits per heavy atom. The lowest BCUT2D eigenvalue weighted by atomic mass is 10.2. The number of aromatic nitrogens is 2. The molecule has 2 aromatic rings. The van der Waals surface area contributed by atoms with Gasteiger partial charge in [0.2, 0.25) is 0 Å². The van der Waals surface area contributed by atoms with Crippen LogP contribution in [0.25, 0.3) is 11.7 Å². The number of carbonyl (C=O) groups is 1. The van der Waals surface area contributed by atoms with Crippen LogP contribution in [0, 0.1) is 6.92 Å². The van der Waals surface area contributed by atoms with E-state index in [0.717, 1.165) is 51.3 Å². The maximum absolute atomic E-state index is 13.5. The van der Waals surface area contributed by atoms with Crippen molar-refractivity contribution >= 4 is 51.7 Å². The van der Waals surface area contributed by atoms with Gasteiger partial charge >= 0.3 is 0 Å². The molecular formula is C24H31N5O3S2. The molecule has 2 aromatic heterocycles. The molecule has 2 saturated heterocycles. The zero-order valence-electron chi connectivity index (χ0n) is 19.9. The molecule has 2 fully saturated rings. The molecule has 0 radical (unpaired) electrons. The largest absolute Gasteiger partial charge is 0.379 e. The lowest BCUT2D eigenvalue weighted by Crippen LogP contribution is -2.37. The number of thioether (sulfide) groups is 1. The van der Waals surface area contributed by atoms with Gasteiger partial charge in [-0.1, -0.05) is 37.0 Å². The summed E-state index contributed by atoms with van der Waals surface area (Å²) in [5.41, 5.74) is 1.68. The fourth-order valence-corrected chi connectivity index (χ4v) is 5.48. The number of nitrogens with one attached hydrogen (secondary N) is 1. The zero-order valence-corrected chi connectivity index (χ0v) is 21.5. The van der Waals surface area contributed by atoms with Crippen LogP contribution in [0.3, 0.4) is 0 Å². The van der Waals surface area contributed by atoms with Gasteiger partial charge in [-0.2, -0.15) is 0 Å². The first kappa shape index (κ1) is 24.8. The molecule has 0 spiro atoms. The number of nitrogens with zero attached hydrogens (tertiary/aromatic N) is 4. The van der Waals surface area contributed by atoms with Crippen molar-refractivity contribution in [2.45, 2.75) is 39.7 Å². The summed E-state index contributed by atoms with van der Waals surface area (Å²) in [5, 5.41) is 3.35. The molecule has 1 atom stereocenters. The predicted octanol–water partition coefficient (Wildman–Crippen LogP) is 3.14. The molecule has 0 aromatic carbocycles. The van der Waals surface area contributed by atoms with Gasteiger partial charge in [-0.25, -0.2) is 4.98 Å². The van der Waals surface area contributed by atoms with Gasteiger partial charge in [-0.05, 0) is 50.9 Å². The summed E-state index contributed by atoms with van der Waals surface area (Å²) in [5.74, 6) is 0.334. The van der Waals surface area contributed by atoms with E-state index in [1.54, 1.807) is 17.2 Å². The summed E-state index contributed by atoms with van der Waals surface area (Å²) < 4.78 is 7.47. The molecule has 182 valence electrons. The van der Waals surface area contributed by atoms with E-state index in [4.69, 9.17) is 21.9 Å². The summed E-state index contributed by atoms with van der Waals surface area (Å²) >= 11 is 6.70. The van der Waals surface area contributed by atoms with Crippen LogP contribution in [0.4, 0.5) is 5.82 Å². The average Bonchev–Trinajstić information content (AvgIpc) is 3.12. The molecule has 4 heterocycles. The molecule has 2 aliphatic heterocycles. The maximum Gasteiger partial charge on any atom is 0.267 e. The van der Waals surface area contributed by atoms with Gasteiger partial charge in [-0.15, -0.1) is 0 Å². The van der Waals surface area contributed by atoms with Gasteiger partial charge in [0, 0.05) is 31.9 Å². The van der Waals surface area contributed by atoms with Crippen LogP contribution < -0.4 is 10.9 Å². The Hall–Kier alpha value is -2.27. The molecule has 0 bridgehead atoms. The van der Waals surface area contributed by atoms with Crippen LogP contribution in [0.5, 0.6) is 0 Å².